The molecule has 1 aromatic rings. The molecule has 0 spiro atoms. The van der Waals surface area contributed by atoms with Crippen LogP contribution in [0.3, 0.4) is 0 Å². The summed E-state index contributed by atoms with van der Waals surface area (Å²) >= 11 is 0. The van der Waals surface area contributed by atoms with Gasteiger partial charge in [-0.3, -0.25) is 0 Å². The van der Waals surface area contributed by atoms with Gasteiger partial charge >= 0.3 is 0 Å². The molecule has 6 heteroatoms. The second-order valence-electron chi connectivity index (χ2n) is 3.85. The van der Waals surface area contributed by atoms with Crippen molar-refractivity contribution >= 4 is 10.2 Å². The number of benzene rings is 1. The summed E-state index contributed by atoms with van der Waals surface area (Å²) in [5.74, 6) is 0.0941. The summed E-state index contributed by atoms with van der Waals surface area (Å²) in [7, 11) is -3.44. The molecule has 0 unspecified atom stereocenters. The minimum atomic E-state index is -3.44. The fourth-order valence-electron chi connectivity index (χ4n) is 1.30. The Hall–Kier alpha value is -1.11. The molecule has 0 amide bonds. The lowest BCUT2D eigenvalue weighted by Crippen LogP contribution is -2.37. The first-order valence-electron chi connectivity index (χ1n) is 5.10. The minimum Gasteiger partial charge on any atom is -0.508 e. The summed E-state index contributed by atoms with van der Waals surface area (Å²) in [4.78, 5) is 0. The molecule has 1 aliphatic carbocycles. The number of phenolic OH excluding ortho intramolecular Hbond substituents is 1. The molecule has 1 aliphatic rings. The molecule has 0 aliphatic heterocycles. The Labute approximate surface area is 94.7 Å². The summed E-state index contributed by atoms with van der Waals surface area (Å²) in [6, 6.07) is 6.72. The number of rotatable bonds is 5. The monoisotopic (exact) mass is 242 g/mol. The van der Waals surface area contributed by atoms with Crippen LogP contribution < -0.4 is 9.44 Å². The molecule has 1 saturated carbocycles. The lowest BCUT2D eigenvalue weighted by Gasteiger charge is -2.08. The fraction of sp³-hybridized carbons (Fsp3) is 0.400. The number of nitrogens with one attached hydrogen (secondary N) is 2. The maximum absolute atomic E-state index is 11.5. The van der Waals surface area contributed by atoms with E-state index in [0.717, 1.165) is 12.8 Å². The largest absolute Gasteiger partial charge is 0.508 e. The van der Waals surface area contributed by atoms with Crippen molar-refractivity contribution in [1.82, 2.24) is 9.44 Å². The van der Waals surface area contributed by atoms with Gasteiger partial charge in [-0.05, 0) is 18.9 Å². The molecule has 5 nitrogen and oxygen atoms in total. The van der Waals surface area contributed by atoms with E-state index in [9.17, 15) is 13.5 Å². The van der Waals surface area contributed by atoms with E-state index in [-0.39, 0.29) is 18.3 Å². The summed E-state index contributed by atoms with van der Waals surface area (Å²) in [6.45, 7) is 0.0920. The molecule has 1 aromatic carbocycles. The maximum atomic E-state index is 11.5. The molecule has 0 radical (unpaired) electrons. The first-order chi connectivity index (χ1) is 7.57. The topological polar surface area (TPSA) is 78.4 Å². The lowest BCUT2D eigenvalue weighted by atomic mass is 10.2. The normalized spacial score (nSPS) is 16.2. The van der Waals surface area contributed by atoms with E-state index < -0.39 is 10.2 Å². The van der Waals surface area contributed by atoms with Gasteiger partial charge in [0.2, 0.25) is 0 Å². The molecule has 0 heterocycles. The van der Waals surface area contributed by atoms with Crippen LogP contribution in [0.5, 0.6) is 5.75 Å². The zero-order chi connectivity index (χ0) is 11.6. The van der Waals surface area contributed by atoms with E-state index in [1.165, 1.54) is 6.07 Å². The van der Waals surface area contributed by atoms with Crippen LogP contribution in [-0.2, 0) is 16.8 Å². The van der Waals surface area contributed by atoms with Crippen LogP contribution in [0.2, 0.25) is 0 Å². The first-order valence-corrected chi connectivity index (χ1v) is 6.59. The molecule has 0 saturated heterocycles. The Morgan fingerprint density at radius 3 is 2.62 bits per heavy atom. The zero-order valence-corrected chi connectivity index (χ0v) is 9.50. The number of aromatic hydroxyl groups is 1. The van der Waals surface area contributed by atoms with Gasteiger partial charge in [-0.15, -0.1) is 0 Å². The standard InChI is InChI=1S/C10H14N2O3S/c13-10-4-2-1-3-8(10)7-11-16(14,15)12-9-5-6-9/h1-4,9,11-13H,5-7H2. The Balaban J connectivity index is 1.93. The molecule has 0 bridgehead atoms. The van der Waals surface area contributed by atoms with E-state index in [2.05, 4.69) is 9.44 Å². The van der Waals surface area contributed by atoms with Crippen LogP contribution in [0.15, 0.2) is 24.3 Å². The van der Waals surface area contributed by atoms with E-state index in [1.807, 2.05) is 0 Å². The quantitative estimate of drug-likeness (QED) is 0.702. The van der Waals surface area contributed by atoms with Crippen molar-refractivity contribution in [2.75, 3.05) is 0 Å². The average Bonchev–Trinajstić information content (AvgIpc) is 3.00. The van der Waals surface area contributed by atoms with Crippen LogP contribution in [0, 0.1) is 0 Å². The highest BCUT2D eigenvalue weighted by atomic mass is 32.2. The van der Waals surface area contributed by atoms with Crippen molar-refractivity contribution in [2.45, 2.75) is 25.4 Å². The molecular weight excluding hydrogens is 228 g/mol. The first kappa shape index (κ1) is 11.4. The van der Waals surface area contributed by atoms with Crippen LogP contribution in [-0.4, -0.2) is 19.6 Å². The van der Waals surface area contributed by atoms with Gasteiger partial charge in [0.05, 0.1) is 0 Å². The zero-order valence-electron chi connectivity index (χ0n) is 8.68. The summed E-state index contributed by atoms with van der Waals surface area (Å²) in [6.07, 6.45) is 1.80. The highest BCUT2D eigenvalue weighted by Gasteiger charge is 2.26. The van der Waals surface area contributed by atoms with Gasteiger partial charge in [-0.1, -0.05) is 18.2 Å². The van der Waals surface area contributed by atoms with Gasteiger partial charge in [0.15, 0.2) is 0 Å². The van der Waals surface area contributed by atoms with E-state index in [1.54, 1.807) is 18.2 Å². The predicted molar refractivity (Wildman–Crippen MR) is 60.0 cm³/mol. The molecule has 0 atom stereocenters. The molecule has 3 N–H and O–H groups in total. The van der Waals surface area contributed by atoms with Crippen molar-refractivity contribution in [2.24, 2.45) is 0 Å². The van der Waals surface area contributed by atoms with E-state index in [4.69, 9.17) is 0 Å². The molecule has 2 rings (SSSR count). The van der Waals surface area contributed by atoms with Gasteiger partial charge in [0.1, 0.15) is 5.75 Å². The van der Waals surface area contributed by atoms with Crippen molar-refractivity contribution in [3.05, 3.63) is 29.8 Å². The number of hydrogen-bond acceptors (Lipinski definition) is 3. The predicted octanol–water partition coefficient (Wildman–Crippen LogP) is 0.479. The van der Waals surface area contributed by atoms with Gasteiger partial charge in [-0.25, -0.2) is 0 Å². The summed E-state index contributed by atoms with van der Waals surface area (Å²) in [5.41, 5.74) is 0.559. The van der Waals surface area contributed by atoms with Crippen molar-refractivity contribution < 1.29 is 13.5 Å². The maximum Gasteiger partial charge on any atom is 0.277 e. The number of phenols is 1. The Bertz CT molecular complexity index is 469. The third kappa shape index (κ3) is 3.19. The lowest BCUT2D eigenvalue weighted by molar-refractivity contribution is 0.467. The summed E-state index contributed by atoms with van der Waals surface area (Å²) in [5, 5.41) is 9.45. The van der Waals surface area contributed by atoms with Gasteiger partial charge in [0, 0.05) is 18.2 Å². The summed E-state index contributed by atoms with van der Waals surface area (Å²) < 4.78 is 27.8. The molecule has 1 fully saturated rings. The third-order valence-corrected chi connectivity index (χ3v) is 3.51. The van der Waals surface area contributed by atoms with Crippen molar-refractivity contribution in [3.63, 3.8) is 0 Å². The second-order valence-corrected chi connectivity index (χ2v) is 5.38. The van der Waals surface area contributed by atoms with Crippen LogP contribution >= 0.6 is 0 Å². The minimum absolute atomic E-state index is 0.0851. The molecule has 0 aromatic heterocycles. The van der Waals surface area contributed by atoms with Gasteiger partial charge < -0.3 is 5.11 Å². The van der Waals surface area contributed by atoms with Crippen molar-refractivity contribution in [3.8, 4) is 5.75 Å². The highest BCUT2D eigenvalue weighted by molar-refractivity contribution is 7.87. The third-order valence-electron chi connectivity index (χ3n) is 2.34. The molecular formula is C10H14N2O3S. The Morgan fingerprint density at radius 1 is 1.31 bits per heavy atom. The SMILES string of the molecule is O=S(=O)(NCc1ccccc1O)NC1CC1. The second kappa shape index (κ2) is 4.40. The highest BCUT2D eigenvalue weighted by Crippen LogP contribution is 2.19. The van der Waals surface area contributed by atoms with Crippen LogP contribution in [0.1, 0.15) is 18.4 Å². The van der Waals surface area contributed by atoms with Gasteiger partial charge in [0.25, 0.3) is 10.2 Å². The molecule has 88 valence electrons. The fourth-order valence-corrected chi connectivity index (χ4v) is 2.40. The van der Waals surface area contributed by atoms with Crippen molar-refractivity contribution in [1.29, 1.82) is 0 Å². The Morgan fingerprint density at radius 2 is 2.00 bits per heavy atom. The van der Waals surface area contributed by atoms with Gasteiger partial charge in [-0.2, -0.15) is 17.9 Å². The Kier molecular flexibility index (Phi) is 3.13. The average molecular weight is 242 g/mol. The van der Waals surface area contributed by atoms with Crippen LogP contribution in [0.25, 0.3) is 0 Å². The number of hydrogen-bond donors (Lipinski definition) is 3. The van der Waals surface area contributed by atoms with Crippen LogP contribution in [0.4, 0.5) is 0 Å². The molecule has 16 heavy (non-hydrogen) atoms. The smallest absolute Gasteiger partial charge is 0.277 e. The van der Waals surface area contributed by atoms with E-state index >= 15 is 0 Å². The number of para-hydroxylation sites is 1. The van der Waals surface area contributed by atoms with E-state index in [0.29, 0.717) is 5.56 Å².